The summed E-state index contributed by atoms with van der Waals surface area (Å²) in [4.78, 5) is 8.24. The van der Waals surface area contributed by atoms with E-state index in [0.717, 1.165) is 16.8 Å². The molecule has 19 heavy (non-hydrogen) atoms. The van der Waals surface area contributed by atoms with Crippen LogP contribution in [0.5, 0.6) is 0 Å². The van der Waals surface area contributed by atoms with E-state index in [4.69, 9.17) is 0 Å². The molecule has 0 N–H and O–H groups in total. The Hall–Kier alpha value is -1.95. The molecule has 0 aliphatic carbocycles. The first kappa shape index (κ1) is 12.1. The van der Waals surface area contributed by atoms with Crippen LogP contribution in [0.4, 0.5) is 13.2 Å². The Kier molecular flexibility index (Phi) is 2.74. The summed E-state index contributed by atoms with van der Waals surface area (Å²) in [5, 5.41) is 0.564. The minimum absolute atomic E-state index is 0.469. The van der Waals surface area contributed by atoms with Gasteiger partial charge in [0.25, 0.3) is 0 Å². The van der Waals surface area contributed by atoms with Crippen LogP contribution >= 0.6 is 11.3 Å². The highest BCUT2D eigenvalue weighted by molar-refractivity contribution is 7.21. The molecule has 0 fully saturated rings. The van der Waals surface area contributed by atoms with E-state index in [9.17, 15) is 13.2 Å². The van der Waals surface area contributed by atoms with Crippen molar-refractivity contribution in [1.29, 1.82) is 0 Å². The number of halogens is 3. The van der Waals surface area contributed by atoms with E-state index < -0.39 is 11.7 Å². The fourth-order valence-corrected chi connectivity index (χ4v) is 2.66. The van der Waals surface area contributed by atoms with Crippen LogP contribution in [0.3, 0.4) is 0 Å². The van der Waals surface area contributed by atoms with Gasteiger partial charge in [-0.15, -0.1) is 11.3 Å². The van der Waals surface area contributed by atoms with Gasteiger partial charge < -0.3 is 0 Å². The lowest BCUT2D eigenvalue weighted by atomic mass is 10.1. The summed E-state index contributed by atoms with van der Waals surface area (Å²) in [6.07, 6.45) is -1.10. The molecule has 3 rings (SSSR count). The SMILES string of the molecule is FC(F)(F)c1cccc(-c2nc3cnccc3s2)c1. The number of nitrogens with zero attached hydrogens (tertiary/aromatic N) is 2. The molecule has 0 atom stereocenters. The minimum atomic E-state index is -4.34. The number of pyridine rings is 1. The third-order valence-electron chi connectivity index (χ3n) is 2.63. The van der Waals surface area contributed by atoms with Crippen molar-refractivity contribution in [3.8, 4) is 10.6 Å². The van der Waals surface area contributed by atoms with E-state index in [0.29, 0.717) is 16.1 Å². The molecule has 0 unspecified atom stereocenters. The maximum atomic E-state index is 12.7. The highest BCUT2D eigenvalue weighted by atomic mass is 32.1. The summed E-state index contributed by atoms with van der Waals surface area (Å²) in [6, 6.07) is 6.98. The van der Waals surface area contributed by atoms with Gasteiger partial charge in [-0.3, -0.25) is 4.98 Å². The summed E-state index contributed by atoms with van der Waals surface area (Å²) < 4.78 is 38.9. The molecule has 96 valence electrons. The van der Waals surface area contributed by atoms with Crippen molar-refractivity contribution in [3.63, 3.8) is 0 Å². The molecule has 0 saturated carbocycles. The summed E-state index contributed by atoms with van der Waals surface area (Å²) in [5.41, 5.74) is 0.498. The molecule has 2 heterocycles. The highest BCUT2D eigenvalue weighted by Gasteiger charge is 2.30. The lowest BCUT2D eigenvalue weighted by Crippen LogP contribution is -2.04. The van der Waals surface area contributed by atoms with Gasteiger partial charge in [-0.1, -0.05) is 12.1 Å². The van der Waals surface area contributed by atoms with Gasteiger partial charge in [-0.2, -0.15) is 13.2 Å². The van der Waals surface area contributed by atoms with Crippen LogP contribution in [0.2, 0.25) is 0 Å². The van der Waals surface area contributed by atoms with Crippen LogP contribution in [0.15, 0.2) is 42.7 Å². The van der Waals surface area contributed by atoms with Gasteiger partial charge in [-0.25, -0.2) is 4.98 Å². The van der Waals surface area contributed by atoms with Crippen molar-refractivity contribution in [2.45, 2.75) is 6.18 Å². The Morgan fingerprint density at radius 1 is 1.11 bits per heavy atom. The Labute approximate surface area is 110 Å². The van der Waals surface area contributed by atoms with Crippen LogP contribution < -0.4 is 0 Å². The smallest absolute Gasteiger partial charge is 0.262 e. The molecule has 0 bridgehead atoms. The Morgan fingerprint density at radius 2 is 1.95 bits per heavy atom. The molecule has 0 amide bonds. The van der Waals surface area contributed by atoms with Crippen molar-refractivity contribution in [2.75, 3.05) is 0 Å². The van der Waals surface area contributed by atoms with E-state index in [1.165, 1.54) is 17.4 Å². The van der Waals surface area contributed by atoms with E-state index in [2.05, 4.69) is 9.97 Å². The van der Waals surface area contributed by atoms with Crippen molar-refractivity contribution >= 4 is 21.6 Å². The number of fused-ring (bicyclic) bond motifs is 1. The van der Waals surface area contributed by atoms with Gasteiger partial charge in [-0.05, 0) is 18.2 Å². The first-order chi connectivity index (χ1) is 9.04. The van der Waals surface area contributed by atoms with E-state index in [1.807, 2.05) is 0 Å². The van der Waals surface area contributed by atoms with Crippen LogP contribution in [0, 0.1) is 0 Å². The Bertz CT molecular complexity index is 701. The van der Waals surface area contributed by atoms with Crippen LogP contribution in [0.25, 0.3) is 20.8 Å². The molecule has 0 aliphatic heterocycles. The van der Waals surface area contributed by atoms with Crippen molar-refractivity contribution in [3.05, 3.63) is 48.3 Å². The number of rotatable bonds is 1. The summed E-state index contributed by atoms with van der Waals surface area (Å²) in [7, 11) is 0. The normalized spacial score (nSPS) is 11.9. The van der Waals surface area contributed by atoms with E-state index in [1.54, 1.807) is 24.5 Å². The standard InChI is InChI=1S/C13H7F3N2S/c14-13(15,16)9-3-1-2-8(6-9)12-18-10-7-17-5-4-11(10)19-12/h1-7H. The van der Waals surface area contributed by atoms with Crippen LogP contribution in [-0.2, 0) is 6.18 Å². The lowest BCUT2D eigenvalue weighted by molar-refractivity contribution is -0.137. The third-order valence-corrected chi connectivity index (χ3v) is 3.71. The molecule has 2 aromatic heterocycles. The molecule has 0 aliphatic rings. The average Bonchev–Trinajstić information content (AvgIpc) is 2.81. The number of hydrogen-bond acceptors (Lipinski definition) is 3. The molecular formula is C13H7F3N2S. The fourth-order valence-electron chi connectivity index (χ4n) is 1.73. The predicted octanol–water partition coefficient (Wildman–Crippen LogP) is 4.38. The monoisotopic (exact) mass is 280 g/mol. The predicted molar refractivity (Wildman–Crippen MR) is 67.9 cm³/mol. The van der Waals surface area contributed by atoms with Gasteiger partial charge in [0.2, 0.25) is 0 Å². The number of benzene rings is 1. The van der Waals surface area contributed by atoms with Gasteiger partial charge in [0.15, 0.2) is 0 Å². The van der Waals surface area contributed by atoms with Crippen molar-refractivity contribution in [1.82, 2.24) is 9.97 Å². The molecule has 0 saturated heterocycles. The quantitative estimate of drug-likeness (QED) is 0.661. The Balaban J connectivity index is 2.11. The van der Waals surface area contributed by atoms with Gasteiger partial charge in [0.05, 0.1) is 16.5 Å². The number of aromatic nitrogens is 2. The largest absolute Gasteiger partial charge is 0.416 e. The molecular weight excluding hydrogens is 273 g/mol. The number of alkyl halides is 3. The molecule has 0 spiro atoms. The van der Waals surface area contributed by atoms with Gasteiger partial charge in [0, 0.05) is 11.8 Å². The first-order valence-electron chi connectivity index (χ1n) is 5.42. The highest BCUT2D eigenvalue weighted by Crippen LogP contribution is 2.34. The molecule has 1 aromatic carbocycles. The van der Waals surface area contributed by atoms with E-state index >= 15 is 0 Å². The topological polar surface area (TPSA) is 25.8 Å². The fraction of sp³-hybridized carbons (Fsp3) is 0.0769. The summed E-state index contributed by atoms with van der Waals surface area (Å²) in [5.74, 6) is 0. The molecule has 3 aromatic rings. The second-order valence-corrected chi connectivity index (χ2v) is 4.97. The molecule has 2 nitrogen and oxygen atoms in total. The number of hydrogen-bond donors (Lipinski definition) is 0. The maximum absolute atomic E-state index is 12.7. The average molecular weight is 280 g/mol. The molecule has 0 radical (unpaired) electrons. The zero-order valence-corrected chi connectivity index (χ0v) is 10.3. The summed E-state index contributed by atoms with van der Waals surface area (Å²) in [6.45, 7) is 0. The zero-order valence-electron chi connectivity index (χ0n) is 9.48. The maximum Gasteiger partial charge on any atom is 0.416 e. The second-order valence-electron chi connectivity index (χ2n) is 3.94. The Morgan fingerprint density at radius 3 is 2.68 bits per heavy atom. The van der Waals surface area contributed by atoms with Gasteiger partial charge in [0.1, 0.15) is 10.5 Å². The first-order valence-corrected chi connectivity index (χ1v) is 6.24. The third kappa shape index (κ3) is 2.31. The summed E-state index contributed by atoms with van der Waals surface area (Å²) >= 11 is 1.35. The van der Waals surface area contributed by atoms with Crippen molar-refractivity contribution in [2.24, 2.45) is 0 Å². The molecule has 6 heteroatoms. The second kappa shape index (κ2) is 4.31. The van der Waals surface area contributed by atoms with Crippen LogP contribution in [-0.4, -0.2) is 9.97 Å². The van der Waals surface area contributed by atoms with Crippen molar-refractivity contribution < 1.29 is 13.2 Å². The van der Waals surface area contributed by atoms with Gasteiger partial charge >= 0.3 is 6.18 Å². The number of thiazole rings is 1. The van der Waals surface area contributed by atoms with E-state index in [-0.39, 0.29) is 0 Å². The minimum Gasteiger partial charge on any atom is -0.262 e. The van der Waals surface area contributed by atoms with Crippen LogP contribution in [0.1, 0.15) is 5.56 Å². The lowest BCUT2D eigenvalue weighted by Gasteiger charge is -2.07. The zero-order chi connectivity index (χ0) is 13.5.